The summed E-state index contributed by atoms with van der Waals surface area (Å²) in [5.74, 6) is -1.77. The van der Waals surface area contributed by atoms with E-state index in [2.05, 4.69) is 3.63 Å². The van der Waals surface area contributed by atoms with E-state index >= 15 is 0 Å². The van der Waals surface area contributed by atoms with Gasteiger partial charge in [0.1, 0.15) is 17.7 Å². The molecule has 0 aliphatic carbocycles. The molecule has 0 unspecified atom stereocenters. The van der Waals surface area contributed by atoms with E-state index in [0.29, 0.717) is 0 Å². The largest absolute Gasteiger partial charge is 0.284 e. The molecule has 0 radical (unpaired) electrons. The van der Waals surface area contributed by atoms with E-state index in [9.17, 15) is 21.2 Å². The first-order chi connectivity index (χ1) is 4.81. The molecule has 1 aliphatic rings. The van der Waals surface area contributed by atoms with E-state index in [0.717, 1.165) is 0 Å². The van der Waals surface area contributed by atoms with Gasteiger partial charge in [-0.15, -0.1) is 3.63 Å². The Hall–Kier alpha value is -0.210. The zero-order chi connectivity index (χ0) is 8.70. The highest BCUT2D eigenvalue weighted by molar-refractivity contribution is 8.00. The zero-order valence-electron chi connectivity index (χ0n) is 5.23. The van der Waals surface area contributed by atoms with Crippen LogP contribution < -0.4 is 0 Å². The number of hydrogen-bond donors (Lipinski definition) is 0. The fourth-order valence-corrected chi connectivity index (χ4v) is 3.68. The van der Waals surface area contributed by atoms with E-state index in [-0.39, 0.29) is 0 Å². The molecule has 0 aromatic carbocycles. The number of halogens is 1. The lowest BCUT2D eigenvalue weighted by atomic mass is 10.5. The third-order valence-corrected chi connectivity index (χ3v) is 4.18. The zero-order valence-corrected chi connectivity index (χ0v) is 6.86. The van der Waals surface area contributed by atoms with Gasteiger partial charge < -0.3 is 0 Å². The van der Waals surface area contributed by atoms with Crippen LogP contribution >= 0.6 is 0 Å². The Morgan fingerprint density at radius 1 is 1.09 bits per heavy atom. The Labute approximate surface area is 63.4 Å². The van der Waals surface area contributed by atoms with Crippen LogP contribution in [0.15, 0.2) is 0 Å². The number of alkyl halides is 1. The molecule has 0 spiro atoms. The summed E-state index contributed by atoms with van der Waals surface area (Å²) in [6, 6.07) is 0. The molecule has 0 aromatic rings. The van der Waals surface area contributed by atoms with Crippen molar-refractivity contribution in [2.45, 2.75) is 6.17 Å². The Morgan fingerprint density at radius 3 is 1.73 bits per heavy atom. The SMILES string of the molecule is O=S1(=O)CC(F)CS(=O)(=O)O1. The van der Waals surface area contributed by atoms with Gasteiger partial charge in [0.05, 0.1) is 0 Å². The summed E-state index contributed by atoms with van der Waals surface area (Å²) in [5.41, 5.74) is 0. The van der Waals surface area contributed by atoms with Crippen LogP contribution in [0, 0.1) is 0 Å². The molecule has 66 valence electrons. The Balaban J connectivity index is 3.02. The van der Waals surface area contributed by atoms with Crippen molar-refractivity contribution in [1.29, 1.82) is 0 Å². The monoisotopic (exact) mass is 204 g/mol. The maximum Gasteiger partial charge on any atom is 0.284 e. The first-order valence-electron chi connectivity index (χ1n) is 2.61. The molecule has 5 nitrogen and oxygen atoms in total. The Morgan fingerprint density at radius 2 is 1.45 bits per heavy atom. The predicted octanol–water partition coefficient (Wildman–Crippen LogP) is -0.986. The first kappa shape index (κ1) is 8.88. The minimum atomic E-state index is -4.20. The highest BCUT2D eigenvalue weighted by atomic mass is 32.3. The van der Waals surface area contributed by atoms with Gasteiger partial charge >= 0.3 is 0 Å². The number of hydrogen-bond acceptors (Lipinski definition) is 5. The normalized spacial score (nSPS) is 29.9. The summed E-state index contributed by atoms with van der Waals surface area (Å²) in [4.78, 5) is 0. The van der Waals surface area contributed by atoms with E-state index in [1.165, 1.54) is 0 Å². The molecule has 0 atom stereocenters. The van der Waals surface area contributed by atoms with Gasteiger partial charge in [-0.05, 0) is 0 Å². The van der Waals surface area contributed by atoms with Crippen LogP contribution in [0.4, 0.5) is 4.39 Å². The van der Waals surface area contributed by atoms with Crippen molar-refractivity contribution >= 4 is 20.2 Å². The average molecular weight is 204 g/mol. The van der Waals surface area contributed by atoms with Gasteiger partial charge in [0.2, 0.25) is 0 Å². The van der Waals surface area contributed by atoms with Gasteiger partial charge in [0.25, 0.3) is 20.2 Å². The van der Waals surface area contributed by atoms with E-state index < -0.39 is 37.9 Å². The predicted molar refractivity (Wildman–Crippen MR) is 33.6 cm³/mol. The molecule has 0 aromatic heterocycles. The van der Waals surface area contributed by atoms with Gasteiger partial charge in [-0.3, -0.25) is 0 Å². The molecule has 11 heavy (non-hydrogen) atoms. The van der Waals surface area contributed by atoms with E-state index in [4.69, 9.17) is 0 Å². The topological polar surface area (TPSA) is 77.5 Å². The van der Waals surface area contributed by atoms with E-state index in [1.54, 1.807) is 0 Å². The Bertz CT molecular complexity index is 306. The van der Waals surface area contributed by atoms with Crippen LogP contribution in [-0.4, -0.2) is 34.5 Å². The lowest BCUT2D eigenvalue weighted by Gasteiger charge is -2.14. The van der Waals surface area contributed by atoms with Crippen LogP contribution in [0.5, 0.6) is 0 Å². The molecule has 0 bridgehead atoms. The fraction of sp³-hybridized carbons (Fsp3) is 1.00. The minimum absolute atomic E-state index is 0.883. The fourth-order valence-electron chi connectivity index (χ4n) is 0.705. The molecule has 8 heteroatoms. The standard InChI is InChI=1S/C3H5FO5S2/c4-3-1-10(5,6)9-11(7,8)2-3/h3H,1-2H2. The summed E-state index contributed by atoms with van der Waals surface area (Å²) >= 11 is 0. The minimum Gasteiger partial charge on any atom is -0.245 e. The maximum atomic E-state index is 12.3. The summed E-state index contributed by atoms with van der Waals surface area (Å²) in [6.07, 6.45) is -1.88. The third-order valence-electron chi connectivity index (χ3n) is 0.977. The van der Waals surface area contributed by atoms with Crippen LogP contribution in [-0.2, 0) is 23.9 Å². The highest BCUT2D eigenvalue weighted by Crippen LogP contribution is 2.14. The summed E-state index contributed by atoms with van der Waals surface area (Å²) < 4.78 is 57.7. The van der Waals surface area contributed by atoms with Crippen molar-refractivity contribution in [2.24, 2.45) is 0 Å². The summed E-state index contributed by atoms with van der Waals surface area (Å²) in [7, 11) is -8.41. The van der Waals surface area contributed by atoms with E-state index in [1.807, 2.05) is 0 Å². The molecule has 1 aliphatic heterocycles. The molecular weight excluding hydrogens is 199 g/mol. The van der Waals surface area contributed by atoms with Crippen molar-refractivity contribution in [3.8, 4) is 0 Å². The molecule has 0 amide bonds. The first-order valence-corrected chi connectivity index (χ1v) is 5.77. The van der Waals surface area contributed by atoms with Gasteiger partial charge in [-0.2, -0.15) is 16.8 Å². The van der Waals surface area contributed by atoms with Crippen LogP contribution in [0.3, 0.4) is 0 Å². The van der Waals surface area contributed by atoms with Crippen molar-refractivity contribution in [3.05, 3.63) is 0 Å². The molecule has 1 heterocycles. The molecule has 1 fully saturated rings. The van der Waals surface area contributed by atoms with Crippen molar-refractivity contribution in [2.75, 3.05) is 11.5 Å². The van der Waals surface area contributed by atoms with Crippen molar-refractivity contribution in [3.63, 3.8) is 0 Å². The molecule has 0 N–H and O–H groups in total. The molecule has 1 saturated heterocycles. The number of rotatable bonds is 0. The highest BCUT2D eigenvalue weighted by Gasteiger charge is 2.35. The smallest absolute Gasteiger partial charge is 0.245 e. The van der Waals surface area contributed by atoms with Gasteiger partial charge in [-0.25, -0.2) is 4.39 Å². The van der Waals surface area contributed by atoms with Crippen LogP contribution in [0.1, 0.15) is 0 Å². The summed E-state index contributed by atoms with van der Waals surface area (Å²) in [6.45, 7) is 0. The second-order valence-electron chi connectivity index (χ2n) is 2.11. The van der Waals surface area contributed by atoms with Crippen molar-refractivity contribution in [1.82, 2.24) is 0 Å². The second kappa shape index (κ2) is 2.39. The second-order valence-corrected chi connectivity index (χ2v) is 5.56. The Kier molecular flexibility index (Phi) is 1.93. The van der Waals surface area contributed by atoms with Gasteiger partial charge in [0.15, 0.2) is 0 Å². The lowest BCUT2D eigenvalue weighted by molar-refractivity contribution is 0.354. The molecule has 0 saturated carbocycles. The van der Waals surface area contributed by atoms with Gasteiger partial charge in [0, 0.05) is 0 Å². The van der Waals surface area contributed by atoms with Crippen LogP contribution in [0.25, 0.3) is 0 Å². The van der Waals surface area contributed by atoms with Gasteiger partial charge in [-0.1, -0.05) is 0 Å². The average Bonchev–Trinajstić information content (AvgIpc) is 1.49. The quantitative estimate of drug-likeness (QED) is 0.506. The molecule has 1 rings (SSSR count). The maximum absolute atomic E-state index is 12.3. The van der Waals surface area contributed by atoms with Crippen LogP contribution in [0.2, 0.25) is 0 Å². The lowest BCUT2D eigenvalue weighted by Crippen LogP contribution is -2.35. The third kappa shape index (κ3) is 2.38. The summed E-state index contributed by atoms with van der Waals surface area (Å²) in [5, 5.41) is 0. The molecular formula is C3H5FO5S2. The van der Waals surface area contributed by atoms with Crippen molar-refractivity contribution < 1.29 is 24.9 Å².